The molecule has 10 nitrogen and oxygen atoms in total. The van der Waals surface area contributed by atoms with Crippen molar-refractivity contribution in [2.75, 3.05) is 37.7 Å². The Morgan fingerprint density at radius 1 is 1.26 bits per heavy atom. The Morgan fingerprint density at radius 2 is 2.07 bits per heavy atom. The first kappa shape index (κ1) is 30.5. The number of halogens is 1. The molecule has 4 N–H and O–H groups in total. The summed E-state index contributed by atoms with van der Waals surface area (Å²) >= 11 is 0. The summed E-state index contributed by atoms with van der Waals surface area (Å²) in [5, 5.41) is 22.7. The normalized spacial score (nSPS) is 21.7. The van der Waals surface area contributed by atoms with Gasteiger partial charge in [0.2, 0.25) is 5.91 Å². The van der Waals surface area contributed by atoms with Crippen LogP contribution in [0.4, 0.5) is 10.4 Å². The molecule has 3 heterocycles. The third-order valence-corrected chi connectivity index (χ3v) is 8.92. The van der Waals surface area contributed by atoms with E-state index in [1.165, 1.54) is 0 Å². The summed E-state index contributed by atoms with van der Waals surface area (Å²) in [7, 11) is 0. The largest absolute Gasteiger partial charge is 0.518 e. The zero-order valence-corrected chi connectivity index (χ0v) is 25.2. The number of H-pyrrole nitrogens is 2. The van der Waals surface area contributed by atoms with Gasteiger partial charge in [0, 0.05) is 24.8 Å². The molecule has 11 heteroatoms. The number of hydrogen-bond acceptors (Lipinski definition) is 5. The van der Waals surface area contributed by atoms with Crippen LogP contribution >= 0.6 is 0 Å². The maximum atomic E-state index is 15.0. The number of anilines is 1. The number of ether oxygens (including phenoxy) is 1. The number of piperidine rings is 1. The van der Waals surface area contributed by atoms with Crippen LogP contribution < -0.4 is 24.8 Å². The van der Waals surface area contributed by atoms with E-state index in [2.05, 4.69) is 46.0 Å². The molecular formula is C32H44FN6O4+3. The van der Waals surface area contributed by atoms with Crippen molar-refractivity contribution in [2.45, 2.75) is 77.2 Å². The van der Waals surface area contributed by atoms with Crippen molar-refractivity contribution >= 4 is 23.4 Å². The summed E-state index contributed by atoms with van der Waals surface area (Å²) in [5.74, 6) is 1.62. The molecule has 1 aliphatic carbocycles. The minimum Gasteiger partial charge on any atom is -0.490 e. The molecule has 43 heavy (non-hydrogen) atoms. The summed E-state index contributed by atoms with van der Waals surface area (Å²) in [6.45, 7) is 7.33. The fraction of sp³-hybridized carbons (Fsp3) is 0.594. The van der Waals surface area contributed by atoms with Gasteiger partial charge in [0.05, 0.1) is 25.0 Å². The summed E-state index contributed by atoms with van der Waals surface area (Å²) in [6, 6.07) is 7.77. The number of amides is 1. The number of hydrogen-bond donors (Lipinski definition) is 2. The van der Waals surface area contributed by atoms with E-state index >= 15 is 0 Å². The maximum absolute atomic E-state index is 15.0. The topological polar surface area (TPSA) is 132 Å². The van der Waals surface area contributed by atoms with Gasteiger partial charge in [0.25, 0.3) is 0 Å². The molecule has 1 amide bonds. The van der Waals surface area contributed by atoms with Crippen molar-refractivity contribution in [3.8, 4) is 11.8 Å². The van der Waals surface area contributed by atoms with Crippen molar-refractivity contribution in [1.82, 2.24) is 4.90 Å². The fourth-order valence-electron chi connectivity index (χ4n) is 6.13. The molecule has 1 aromatic heterocycles. The van der Waals surface area contributed by atoms with Crippen LogP contribution in [0.25, 0.3) is 5.57 Å². The van der Waals surface area contributed by atoms with Crippen LogP contribution in [0.2, 0.25) is 0 Å². The summed E-state index contributed by atoms with van der Waals surface area (Å²) < 4.78 is 26.5. The second kappa shape index (κ2) is 14.0. The van der Waals surface area contributed by atoms with Crippen LogP contribution in [0.3, 0.4) is 0 Å². The zero-order chi connectivity index (χ0) is 30.3. The number of nitrogens with zero attached hydrogens (tertiary/aromatic N) is 3. The van der Waals surface area contributed by atoms with Gasteiger partial charge >= 0.3 is 17.7 Å². The number of aliphatic hydroxyl groups is 1. The Bertz CT molecular complexity index is 1370. The lowest BCUT2D eigenvalue weighted by Crippen LogP contribution is -2.75. The highest BCUT2D eigenvalue weighted by Gasteiger charge is 2.32. The standard InChI is InChI=1S/C32H41FN6O4/c1-21(2)30-36-32(43-37-30)38-16-12-22(13-17-38)20-42-28-10-9-25(18-27(28)33)23-5-7-24(8-6-23)31(41)35-14-11-29(40)39-15-3-4-26(39)19-34/h5,9-10,18,21-22,24,26H,3-4,6-8,11-17,20H2,1-2H3,(H,35,41)/p+3/t24?,26-/m0/s1. The van der Waals surface area contributed by atoms with E-state index < -0.39 is 0 Å². The second-order valence-electron chi connectivity index (χ2n) is 12.2. The molecule has 3 aliphatic rings. The SMILES string of the molecule is CC(C)c1[nH+]oc(N2CCC(COc3ccc(C4=CCC(C(O)=[NH+]CCC(=O)N5CCC[C@H]5C#N)CC4)cc3F)CC2)[nH+]1. The average molecular weight is 596 g/mol. The van der Waals surface area contributed by atoms with Gasteiger partial charge in [-0.05, 0) is 88.0 Å². The number of aromatic nitrogens is 2. The molecule has 1 unspecified atom stereocenters. The number of aliphatic hydroxyl groups excluding tert-OH is 1. The number of benzene rings is 1. The second-order valence-corrected chi connectivity index (χ2v) is 12.2. The predicted molar refractivity (Wildman–Crippen MR) is 156 cm³/mol. The lowest BCUT2D eigenvalue weighted by molar-refractivity contribution is -0.636. The highest BCUT2D eigenvalue weighted by molar-refractivity contribution is 5.78. The quantitative estimate of drug-likeness (QED) is 0.321. The van der Waals surface area contributed by atoms with E-state index in [-0.39, 0.29) is 41.8 Å². The highest BCUT2D eigenvalue weighted by Crippen LogP contribution is 2.32. The molecule has 2 fully saturated rings. The molecule has 2 aliphatic heterocycles. The van der Waals surface area contributed by atoms with E-state index in [1.54, 1.807) is 17.0 Å². The van der Waals surface area contributed by atoms with Crippen molar-refractivity contribution in [1.29, 1.82) is 5.26 Å². The maximum Gasteiger partial charge on any atom is 0.518 e. The van der Waals surface area contributed by atoms with Crippen LogP contribution in [0.15, 0.2) is 28.8 Å². The predicted octanol–water partition coefficient (Wildman–Crippen LogP) is 2.59. The first-order valence-electron chi connectivity index (χ1n) is 15.6. The zero-order valence-electron chi connectivity index (χ0n) is 25.2. The molecule has 0 radical (unpaired) electrons. The lowest BCUT2D eigenvalue weighted by atomic mass is 9.86. The number of nitriles is 1. The van der Waals surface area contributed by atoms with E-state index in [4.69, 9.17) is 9.26 Å². The average Bonchev–Trinajstić information content (AvgIpc) is 3.71. The molecule has 230 valence electrons. The monoisotopic (exact) mass is 595 g/mol. The third kappa shape index (κ3) is 7.53. The van der Waals surface area contributed by atoms with Crippen molar-refractivity contribution in [3.05, 3.63) is 41.5 Å². The minimum atomic E-state index is -0.364. The van der Waals surface area contributed by atoms with Crippen LogP contribution in [-0.4, -0.2) is 60.6 Å². The Hall–Kier alpha value is -3.94. The van der Waals surface area contributed by atoms with Crippen molar-refractivity contribution in [3.63, 3.8) is 0 Å². The van der Waals surface area contributed by atoms with Gasteiger partial charge in [-0.3, -0.25) is 9.69 Å². The van der Waals surface area contributed by atoms with Crippen LogP contribution in [0, 0.1) is 29.0 Å². The number of likely N-dealkylation sites (tertiary alicyclic amines) is 1. The Balaban J connectivity index is 1.06. The molecular weight excluding hydrogens is 551 g/mol. The van der Waals surface area contributed by atoms with Gasteiger partial charge in [-0.1, -0.05) is 17.1 Å². The van der Waals surface area contributed by atoms with E-state index in [1.807, 2.05) is 6.07 Å². The lowest BCUT2D eigenvalue weighted by Gasteiger charge is -2.28. The highest BCUT2D eigenvalue weighted by atomic mass is 19.1. The first-order chi connectivity index (χ1) is 20.8. The van der Waals surface area contributed by atoms with Gasteiger partial charge in [-0.25, -0.2) is 9.38 Å². The fourth-order valence-corrected chi connectivity index (χ4v) is 6.13. The number of aromatic amines is 2. The van der Waals surface area contributed by atoms with E-state index in [0.29, 0.717) is 44.4 Å². The molecule has 2 aromatic rings. The summed E-state index contributed by atoms with van der Waals surface area (Å²) in [4.78, 5) is 22.5. The molecule has 5 rings (SSSR count). The van der Waals surface area contributed by atoms with Crippen molar-refractivity contribution in [2.24, 2.45) is 11.8 Å². The van der Waals surface area contributed by atoms with Crippen LogP contribution in [0.5, 0.6) is 5.75 Å². The van der Waals surface area contributed by atoms with Gasteiger partial charge in [0.1, 0.15) is 12.0 Å². The van der Waals surface area contributed by atoms with Gasteiger partial charge in [-0.15, -0.1) is 4.52 Å². The molecule has 0 spiro atoms. The number of rotatable bonds is 10. The minimum absolute atomic E-state index is 0.0575. The van der Waals surface area contributed by atoms with Gasteiger partial charge < -0.3 is 14.7 Å². The third-order valence-electron chi connectivity index (χ3n) is 8.92. The Morgan fingerprint density at radius 3 is 2.74 bits per heavy atom. The number of allylic oxidation sites excluding steroid dienone is 2. The van der Waals surface area contributed by atoms with E-state index in [9.17, 15) is 19.6 Å². The summed E-state index contributed by atoms with van der Waals surface area (Å²) in [5.41, 5.74) is 1.89. The van der Waals surface area contributed by atoms with Gasteiger partial charge in [-0.2, -0.15) is 5.26 Å². The molecule has 2 atom stereocenters. The number of carbonyl (C=O) groups excluding carboxylic acids is 1. The smallest absolute Gasteiger partial charge is 0.490 e. The van der Waals surface area contributed by atoms with Crippen molar-refractivity contribution < 1.29 is 38.7 Å². The molecule has 0 saturated carbocycles. The molecule has 0 bridgehead atoms. The van der Waals surface area contributed by atoms with Gasteiger partial charge in [0.15, 0.2) is 18.1 Å². The molecule has 2 saturated heterocycles. The summed E-state index contributed by atoms with van der Waals surface area (Å²) in [6.07, 6.45) is 7.84. The van der Waals surface area contributed by atoms with E-state index in [0.717, 1.165) is 68.2 Å². The van der Waals surface area contributed by atoms with Crippen LogP contribution in [-0.2, 0) is 4.79 Å². The molecule has 1 aromatic carbocycles. The Kier molecular flexibility index (Phi) is 9.95. The number of nitrogens with one attached hydrogen (secondary N) is 3. The number of carbonyl (C=O) groups is 1. The first-order valence-corrected chi connectivity index (χ1v) is 15.6. The Labute approximate surface area is 252 Å². The van der Waals surface area contributed by atoms with Crippen LogP contribution in [0.1, 0.15) is 82.5 Å².